The monoisotopic (exact) mass is 474 g/mol. The number of pyridine rings is 1. The lowest BCUT2D eigenvalue weighted by Gasteiger charge is -2.16. The number of benzene rings is 1. The molecule has 4 atom stereocenters. The molecule has 0 spiro atoms. The first-order valence-electron chi connectivity index (χ1n) is 11.0. The van der Waals surface area contributed by atoms with E-state index in [1.165, 1.54) is 18.2 Å². The third kappa shape index (κ3) is 3.67. The Labute approximate surface area is 192 Å². The normalized spacial score (nSPS) is 26.6. The molecule has 10 heteroatoms. The highest BCUT2D eigenvalue weighted by molar-refractivity contribution is 5.81. The number of nitrogens with one attached hydrogen (secondary N) is 1. The molecule has 0 radical (unpaired) electrons. The Bertz CT molecular complexity index is 1270. The number of hydrogen-bond donors (Lipinski definition) is 2. The van der Waals surface area contributed by atoms with Crippen molar-refractivity contribution in [1.29, 1.82) is 0 Å². The Kier molecular flexibility index (Phi) is 5.33. The van der Waals surface area contributed by atoms with Crippen molar-refractivity contribution in [2.75, 3.05) is 26.4 Å². The maximum Gasteiger partial charge on any atom is 0.193 e. The summed E-state index contributed by atoms with van der Waals surface area (Å²) >= 11 is 0. The van der Waals surface area contributed by atoms with Gasteiger partial charge < -0.3 is 29.0 Å². The molecule has 178 valence electrons. The van der Waals surface area contributed by atoms with Crippen LogP contribution in [0.3, 0.4) is 0 Å². The fraction of sp³-hybridized carbons (Fsp3) is 0.375. The van der Waals surface area contributed by atoms with Crippen molar-refractivity contribution in [3.63, 3.8) is 0 Å². The van der Waals surface area contributed by atoms with Crippen molar-refractivity contribution in [1.82, 2.24) is 9.97 Å². The lowest BCUT2D eigenvalue weighted by Crippen LogP contribution is -2.34. The van der Waals surface area contributed by atoms with Crippen LogP contribution >= 0.6 is 0 Å². The van der Waals surface area contributed by atoms with Crippen LogP contribution in [-0.2, 0) is 14.2 Å². The highest BCUT2D eigenvalue weighted by Gasteiger charge is 2.48. The molecular weight excluding hydrogens is 453 g/mol. The predicted octanol–water partition coefficient (Wildman–Crippen LogP) is 3.36. The summed E-state index contributed by atoms with van der Waals surface area (Å²) in [4.78, 5) is 7.09. The van der Waals surface area contributed by atoms with Crippen LogP contribution in [0.4, 0.5) is 13.2 Å². The summed E-state index contributed by atoms with van der Waals surface area (Å²) in [6.45, 7) is 1.24. The summed E-state index contributed by atoms with van der Waals surface area (Å²) in [5, 5.41) is 9.87. The molecule has 7 nitrogen and oxygen atoms in total. The Morgan fingerprint density at radius 2 is 1.79 bits per heavy atom. The molecular formula is C24H21F3N2O5. The molecule has 1 aromatic carbocycles. The highest BCUT2D eigenvalue weighted by atomic mass is 19.1. The van der Waals surface area contributed by atoms with Gasteiger partial charge in [0.2, 0.25) is 0 Å². The van der Waals surface area contributed by atoms with E-state index in [-0.39, 0.29) is 24.6 Å². The SMILES string of the molecule is O[C@@H]1COC2C1OC[C@H]2Oc1cc2nc(-c3c(F)cc(C4=CCOCC4)cc3F)c(F)cc2[nH]1. The van der Waals surface area contributed by atoms with Gasteiger partial charge in [-0.1, -0.05) is 6.08 Å². The van der Waals surface area contributed by atoms with Gasteiger partial charge in [-0.05, 0) is 29.7 Å². The fourth-order valence-corrected chi connectivity index (χ4v) is 4.73. The molecule has 2 unspecified atom stereocenters. The van der Waals surface area contributed by atoms with E-state index in [1.54, 1.807) is 6.08 Å². The predicted molar refractivity (Wildman–Crippen MR) is 115 cm³/mol. The number of rotatable bonds is 4. The number of aromatic amines is 1. The zero-order chi connectivity index (χ0) is 23.4. The molecule has 2 saturated heterocycles. The molecule has 3 aliphatic heterocycles. The molecule has 0 saturated carbocycles. The second kappa shape index (κ2) is 8.38. The van der Waals surface area contributed by atoms with Crippen LogP contribution in [0.2, 0.25) is 0 Å². The van der Waals surface area contributed by atoms with Gasteiger partial charge in [0.1, 0.15) is 35.6 Å². The van der Waals surface area contributed by atoms with Crippen molar-refractivity contribution in [2.24, 2.45) is 0 Å². The number of ether oxygens (including phenoxy) is 4. The van der Waals surface area contributed by atoms with E-state index >= 15 is 0 Å². The molecule has 34 heavy (non-hydrogen) atoms. The molecule has 3 aromatic rings. The van der Waals surface area contributed by atoms with Gasteiger partial charge in [0, 0.05) is 12.1 Å². The molecule has 0 aliphatic carbocycles. The second-order valence-electron chi connectivity index (χ2n) is 8.57. The van der Waals surface area contributed by atoms with E-state index in [0.29, 0.717) is 30.7 Å². The number of hydrogen-bond acceptors (Lipinski definition) is 6. The summed E-state index contributed by atoms with van der Waals surface area (Å²) in [5.41, 5.74) is 0.820. The third-order valence-corrected chi connectivity index (χ3v) is 6.40. The molecule has 3 aliphatic rings. The number of aliphatic hydroxyl groups is 1. The quantitative estimate of drug-likeness (QED) is 0.603. The number of aromatic nitrogens is 2. The van der Waals surface area contributed by atoms with Crippen molar-refractivity contribution >= 4 is 16.6 Å². The van der Waals surface area contributed by atoms with Crippen molar-refractivity contribution in [2.45, 2.75) is 30.8 Å². The molecule has 0 bridgehead atoms. The maximum atomic E-state index is 15.0. The fourth-order valence-electron chi connectivity index (χ4n) is 4.73. The van der Waals surface area contributed by atoms with E-state index in [4.69, 9.17) is 18.9 Å². The number of aliphatic hydroxyl groups excluding tert-OH is 1. The number of nitrogens with zero attached hydrogens (tertiary/aromatic N) is 1. The van der Waals surface area contributed by atoms with Gasteiger partial charge in [0.15, 0.2) is 17.8 Å². The smallest absolute Gasteiger partial charge is 0.193 e. The van der Waals surface area contributed by atoms with Gasteiger partial charge in [-0.3, -0.25) is 0 Å². The van der Waals surface area contributed by atoms with Crippen LogP contribution in [0.25, 0.3) is 27.9 Å². The van der Waals surface area contributed by atoms with Gasteiger partial charge in [0.05, 0.1) is 43.0 Å². The maximum absolute atomic E-state index is 15.0. The summed E-state index contributed by atoms with van der Waals surface area (Å²) in [6.07, 6.45) is 0.260. The number of halogens is 3. The largest absolute Gasteiger partial charge is 0.470 e. The first kappa shape index (κ1) is 21.6. The minimum absolute atomic E-state index is 0.166. The summed E-state index contributed by atoms with van der Waals surface area (Å²) < 4.78 is 67.1. The van der Waals surface area contributed by atoms with Crippen molar-refractivity contribution in [3.8, 4) is 17.1 Å². The van der Waals surface area contributed by atoms with E-state index in [2.05, 4.69) is 9.97 Å². The molecule has 6 rings (SSSR count). The van der Waals surface area contributed by atoms with Gasteiger partial charge >= 0.3 is 0 Å². The zero-order valence-electron chi connectivity index (χ0n) is 17.9. The third-order valence-electron chi connectivity index (χ3n) is 6.40. The van der Waals surface area contributed by atoms with Crippen LogP contribution in [0.1, 0.15) is 12.0 Å². The van der Waals surface area contributed by atoms with E-state index < -0.39 is 53.1 Å². The first-order valence-corrected chi connectivity index (χ1v) is 11.0. The van der Waals surface area contributed by atoms with E-state index in [9.17, 15) is 18.3 Å². The average Bonchev–Trinajstić information content (AvgIpc) is 3.51. The molecule has 2 aromatic heterocycles. The summed E-state index contributed by atoms with van der Waals surface area (Å²) in [5.74, 6) is -2.39. The number of H-pyrrole nitrogens is 1. The zero-order valence-corrected chi connectivity index (χ0v) is 17.9. The van der Waals surface area contributed by atoms with Gasteiger partial charge in [-0.15, -0.1) is 0 Å². The van der Waals surface area contributed by atoms with E-state index in [1.807, 2.05) is 0 Å². The lowest BCUT2D eigenvalue weighted by atomic mass is 9.98. The molecule has 5 heterocycles. The standard InChI is InChI=1S/C24H21F3N2O5/c25-13-5-12(11-1-3-31-4-2-11)6-14(26)21(13)22-15(27)7-16-17(29-22)8-20(28-16)34-19-10-33-23-18(30)9-32-24(19)23/h1,5-8,18-19,23-24,28,30H,2-4,9-10H2/t18-,19-,23?,24?/m1/s1. The highest BCUT2D eigenvalue weighted by Crippen LogP contribution is 2.34. The van der Waals surface area contributed by atoms with Gasteiger partial charge in [0.25, 0.3) is 0 Å². The Hall–Kier alpha value is -2.92. The molecule has 0 amide bonds. The van der Waals surface area contributed by atoms with Crippen molar-refractivity contribution < 1.29 is 37.2 Å². The Morgan fingerprint density at radius 3 is 2.56 bits per heavy atom. The van der Waals surface area contributed by atoms with Crippen LogP contribution in [-0.4, -0.2) is 65.9 Å². The van der Waals surface area contributed by atoms with E-state index in [0.717, 1.165) is 11.6 Å². The minimum Gasteiger partial charge on any atom is -0.470 e. The van der Waals surface area contributed by atoms with Crippen LogP contribution < -0.4 is 4.74 Å². The van der Waals surface area contributed by atoms with Crippen LogP contribution in [0.5, 0.6) is 5.88 Å². The van der Waals surface area contributed by atoms with Gasteiger partial charge in [-0.25, -0.2) is 18.2 Å². The topological polar surface area (TPSA) is 85.8 Å². The second-order valence-corrected chi connectivity index (χ2v) is 8.57. The number of fused-ring (bicyclic) bond motifs is 2. The van der Waals surface area contributed by atoms with Gasteiger partial charge in [-0.2, -0.15) is 0 Å². The molecule has 2 N–H and O–H groups in total. The summed E-state index contributed by atoms with van der Waals surface area (Å²) in [6, 6.07) is 5.04. The Balaban J connectivity index is 1.31. The molecule has 2 fully saturated rings. The lowest BCUT2D eigenvalue weighted by molar-refractivity contribution is 0.00794. The minimum atomic E-state index is -0.897. The van der Waals surface area contributed by atoms with Crippen LogP contribution in [0, 0.1) is 17.5 Å². The average molecular weight is 474 g/mol. The first-order chi connectivity index (χ1) is 16.5. The Morgan fingerprint density at radius 1 is 1.00 bits per heavy atom. The van der Waals surface area contributed by atoms with Crippen molar-refractivity contribution in [3.05, 3.63) is 53.4 Å². The summed E-state index contributed by atoms with van der Waals surface area (Å²) in [7, 11) is 0. The van der Waals surface area contributed by atoms with Crippen LogP contribution in [0.15, 0.2) is 30.3 Å².